The van der Waals surface area contributed by atoms with Crippen molar-refractivity contribution in [2.75, 3.05) is 6.54 Å². The number of aryl methyl sites for hydroxylation is 1. The average Bonchev–Trinajstić information content (AvgIpc) is 2.37. The largest absolute Gasteiger partial charge is 0.243 e. The SMILES string of the molecule is CCc1ccc(CCl)cc1S(=O)(=O)N(CC)C(C)C. The lowest BCUT2D eigenvalue weighted by Crippen LogP contribution is -2.37. The zero-order valence-corrected chi connectivity index (χ0v) is 13.6. The van der Waals surface area contributed by atoms with Gasteiger partial charge in [-0.05, 0) is 37.5 Å². The predicted molar refractivity (Wildman–Crippen MR) is 80.1 cm³/mol. The van der Waals surface area contributed by atoms with Crippen LogP contribution in [0.1, 0.15) is 38.8 Å². The highest BCUT2D eigenvalue weighted by Crippen LogP contribution is 2.24. The Morgan fingerprint density at radius 2 is 1.89 bits per heavy atom. The van der Waals surface area contributed by atoms with Crippen LogP contribution < -0.4 is 0 Å². The van der Waals surface area contributed by atoms with E-state index in [1.165, 1.54) is 4.31 Å². The molecule has 0 fully saturated rings. The molecule has 0 amide bonds. The number of nitrogens with zero attached hydrogens (tertiary/aromatic N) is 1. The van der Waals surface area contributed by atoms with Crippen LogP contribution in [-0.2, 0) is 22.3 Å². The van der Waals surface area contributed by atoms with E-state index in [1.807, 2.05) is 39.8 Å². The summed E-state index contributed by atoms with van der Waals surface area (Å²) in [7, 11) is -3.45. The Morgan fingerprint density at radius 1 is 1.26 bits per heavy atom. The number of hydrogen-bond acceptors (Lipinski definition) is 2. The number of alkyl halides is 1. The molecule has 0 unspecified atom stereocenters. The van der Waals surface area contributed by atoms with Crippen LogP contribution >= 0.6 is 11.6 Å². The number of rotatable bonds is 6. The summed E-state index contributed by atoms with van der Waals surface area (Å²) in [4.78, 5) is 0.392. The van der Waals surface area contributed by atoms with Crippen LogP contribution in [0.25, 0.3) is 0 Å². The molecule has 0 aromatic heterocycles. The molecule has 0 aliphatic rings. The van der Waals surface area contributed by atoms with Crippen molar-refractivity contribution in [3.05, 3.63) is 29.3 Å². The van der Waals surface area contributed by atoms with Gasteiger partial charge in [0.15, 0.2) is 0 Å². The van der Waals surface area contributed by atoms with Crippen molar-refractivity contribution < 1.29 is 8.42 Å². The Labute approximate surface area is 121 Å². The van der Waals surface area contributed by atoms with Gasteiger partial charge in [0.05, 0.1) is 4.90 Å². The fourth-order valence-corrected chi connectivity index (χ4v) is 4.31. The van der Waals surface area contributed by atoms with E-state index in [9.17, 15) is 8.42 Å². The van der Waals surface area contributed by atoms with Gasteiger partial charge in [0.25, 0.3) is 0 Å². The van der Waals surface area contributed by atoms with Crippen LogP contribution in [0.15, 0.2) is 23.1 Å². The summed E-state index contributed by atoms with van der Waals surface area (Å²) >= 11 is 5.81. The molecule has 0 N–H and O–H groups in total. The molecule has 0 aliphatic carbocycles. The van der Waals surface area contributed by atoms with Crippen molar-refractivity contribution in [2.45, 2.75) is 50.9 Å². The highest BCUT2D eigenvalue weighted by molar-refractivity contribution is 7.89. The van der Waals surface area contributed by atoms with Gasteiger partial charge in [-0.25, -0.2) is 8.42 Å². The molecule has 108 valence electrons. The lowest BCUT2D eigenvalue weighted by Gasteiger charge is -2.25. The molecule has 19 heavy (non-hydrogen) atoms. The molecule has 0 aliphatic heterocycles. The molecule has 1 aromatic carbocycles. The van der Waals surface area contributed by atoms with Gasteiger partial charge in [0.1, 0.15) is 0 Å². The molecule has 0 saturated carbocycles. The molecule has 1 aromatic rings. The first-order valence-electron chi connectivity index (χ1n) is 6.58. The van der Waals surface area contributed by atoms with Crippen molar-refractivity contribution >= 4 is 21.6 Å². The summed E-state index contributed by atoms with van der Waals surface area (Å²) in [5.74, 6) is 0.320. The standard InChI is InChI=1S/C14H22ClNO2S/c1-5-13-8-7-12(10-15)9-14(13)19(17,18)16(6-2)11(3)4/h7-9,11H,5-6,10H2,1-4H3. The maximum atomic E-state index is 12.7. The van der Waals surface area contributed by atoms with Gasteiger partial charge in [-0.1, -0.05) is 26.0 Å². The molecular weight excluding hydrogens is 282 g/mol. The Balaban J connectivity index is 3.41. The third-order valence-electron chi connectivity index (χ3n) is 3.14. The number of sulfonamides is 1. The summed E-state index contributed by atoms with van der Waals surface area (Å²) in [6.45, 7) is 8.05. The summed E-state index contributed by atoms with van der Waals surface area (Å²) in [5.41, 5.74) is 1.67. The topological polar surface area (TPSA) is 37.4 Å². The van der Waals surface area contributed by atoms with E-state index in [0.29, 0.717) is 23.7 Å². The summed E-state index contributed by atoms with van der Waals surface area (Å²) in [6.07, 6.45) is 0.687. The lowest BCUT2D eigenvalue weighted by atomic mass is 10.1. The van der Waals surface area contributed by atoms with E-state index >= 15 is 0 Å². The van der Waals surface area contributed by atoms with E-state index in [1.54, 1.807) is 6.07 Å². The molecular formula is C14H22ClNO2S. The first-order valence-corrected chi connectivity index (χ1v) is 8.55. The molecule has 3 nitrogen and oxygen atoms in total. The second-order valence-electron chi connectivity index (χ2n) is 4.73. The quantitative estimate of drug-likeness (QED) is 0.755. The molecule has 0 bridgehead atoms. The molecule has 0 atom stereocenters. The minimum absolute atomic E-state index is 0.0561. The van der Waals surface area contributed by atoms with E-state index in [2.05, 4.69) is 0 Å². The van der Waals surface area contributed by atoms with Crippen molar-refractivity contribution in [1.82, 2.24) is 4.31 Å². The van der Waals surface area contributed by atoms with Crippen molar-refractivity contribution in [3.63, 3.8) is 0 Å². The van der Waals surface area contributed by atoms with Crippen LogP contribution in [0.5, 0.6) is 0 Å². The zero-order chi connectivity index (χ0) is 14.6. The Hall–Kier alpha value is -0.580. The van der Waals surface area contributed by atoms with E-state index in [4.69, 9.17) is 11.6 Å². The van der Waals surface area contributed by atoms with Gasteiger partial charge in [-0.3, -0.25) is 0 Å². The van der Waals surface area contributed by atoms with Crippen LogP contribution in [0.2, 0.25) is 0 Å². The van der Waals surface area contributed by atoms with Crippen molar-refractivity contribution in [2.24, 2.45) is 0 Å². The minimum atomic E-state index is -3.45. The first-order chi connectivity index (χ1) is 8.88. The number of benzene rings is 1. The zero-order valence-electron chi connectivity index (χ0n) is 12.0. The van der Waals surface area contributed by atoms with Crippen LogP contribution in [-0.4, -0.2) is 25.3 Å². The van der Waals surface area contributed by atoms with E-state index in [0.717, 1.165) is 11.1 Å². The Bertz CT molecular complexity index is 526. The van der Waals surface area contributed by atoms with Gasteiger partial charge in [-0.2, -0.15) is 4.31 Å². The molecule has 0 spiro atoms. The molecule has 0 heterocycles. The van der Waals surface area contributed by atoms with E-state index in [-0.39, 0.29) is 6.04 Å². The Morgan fingerprint density at radius 3 is 2.32 bits per heavy atom. The van der Waals surface area contributed by atoms with Gasteiger partial charge in [0, 0.05) is 18.5 Å². The van der Waals surface area contributed by atoms with Gasteiger partial charge in [-0.15, -0.1) is 11.6 Å². The predicted octanol–water partition coefficient (Wildman–Crippen LogP) is 3.41. The number of halogens is 1. The fourth-order valence-electron chi connectivity index (χ4n) is 2.15. The Kier molecular flexibility index (Phi) is 5.83. The second kappa shape index (κ2) is 6.73. The maximum absolute atomic E-state index is 12.7. The lowest BCUT2D eigenvalue weighted by molar-refractivity contribution is 0.369. The molecule has 0 saturated heterocycles. The van der Waals surface area contributed by atoms with Crippen LogP contribution in [0.4, 0.5) is 0 Å². The van der Waals surface area contributed by atoms with Crippen molar-refractivity contribution in [3.8, 4) is 0 Å². The van der Waals surface area contributed by atoms with Gasteiger partial charge in [0.2, 0.25) is 10.0 Å². The van der Waals surface area contributed by atoms with Crippen molar-refractivity contribution in [1.29, 1.82) is 0 Å². The molecule has 1 rings (SSSR count). The summed E-state index contributed by atoms with van der Waals surface area (Å²) in [6, 6.07) is 5.39. The smallest absolute Gasteiger partial charge is 0.207 e. The number of hydrogen-bond donors (Lipinski definition) is 0. The van der Waals surface area contributed by atoms with E-state index < -0.39 is 10.0 Å². The minimum Gasteiger partial charge on any atom is -0.207 e. The highest BCUT2D eigenvalue weighted by atomic mass is 35.5. The normalized spacial score (nSPS) is 12.4. The van der Waals surface area contributed by atoms with Gasteiger partial charge < -0.3 is 0 Å². The molecule has 5 heteroatoms. The fraction of sp³-hybridized carbons (Fsp3) is 0.571. The van der Waals surface area contributed by atoms with Crippen LogP contribution in [0.3, 0.4) is 0 Å². The van der Waals surface area contributed by atoms with Gasteiger partial charge >= 0.3 is 0 Å². The summed E-state index contributed by atoms with van der Waals surface area (Å²) in [5, 5.41) is 0. The van der Waals surface area contributed by atoms with Crippen LogP contribution in [0, 0.1) is 0 Å². The second-order valence-corrected chi connectivity index (χ2v) is 6.86. The average molecular weight is 304 g/mol. The monoisotopic (exact) mass is 303 g/mol. The first kappa shape index (κ1) is 16.5. The third-order valence-corrected chi connectivity index (χ3v) is 5.68. The maximum Gasteiger partial charge on any atom is 0.243 e. The molecule has 0 radical (unpaired) electrons. The third kappa shape index (κ3) is 3.50. The highest BCUT2D eigenvalue weighted by Gasteiger charge is 2.27. The summed E-state index contributed by atoms with van der Waals surface area (Å²) < 4.78 is 27.0.